The molecule has 1 aromatic carbocycles. The summed E-state index contributed by atoms with van der Waals surface area (Å²) in [6.45, 7) is 1.58. The molecule has 0 bridgehead atoms. The first-order valence-electron chi connectivity index (χ1n) is 5.98. The molecule has 2 rings (SSSR count). The van der Waals surface area contributed by atoms with Gasteiger partial charge in [0, 0.05) is 18.7 Å². The molecule has 5 nitrogen and oxygen atoms in total. The summed E-state index contributed by atoms with van der Waals surface area (Å²) in [6.07, 6.45) is 1.89. The van der Waals surface area contributed by atoms with Crippen LogP contribution in [0, 0.1) is 12.7 Å². The minimum atomic E-state index is -3.94. The lowest BCUT2D eigenvalue weighted by Crippen LogP contribution is -2.27. The zero-order valence-corrected chi connectivity index (χ0v) is 11.7. The summed E-state index contributed by atoms with van der Waals surface area (Å²) in [5.74, 6) is -0.137. The summed E-state index contributed by atoms with van der Waals surface area (Å²) >= 11 is 0. The molecule has 0 fully saturated rings. The van der Waals surface area contributed by atoms with E-state index in [1.807, 2.05) is 0 Å². The fourth-order valence-corrected chi connectivity index (χ4v) is 3.02. The normalized spacial score (nSPS) is 11.7. The first-order chi connectivity index (χ1) is 9.40. The smallest absolute Gasteiger partial charge is 0.243 e. The van der Waals surface area contributed by atoms with Gasteiger partial charge in [-0.25, -0.2) is 17.5 Å². The molecule has 2 aromatic rings. The first kappa shape index (κ1) is 14.5. The Bertz CT molecular complexity index is 697. The van der Waals surface area contributed by atoms with Crippen LogP contribution in [0.4, 0.5) is 10.1 Å². The standard InChI is InChI=1S/C13H15FN2O3S/c1-9-7-10(15)8-12(13(9)14)20(17,18)16-5-4-11-3-2-6-19-11/h2-3,6-8,16H,4-5,15H2,1H3. The van der Waals surface area contributed by atoms with Crippen LogP contribution >= 0.6 is 0 Å². The molecule has 0 saturated heterocycles. The third kappa shape index (κ3) is 3.17. The molecule has 0 amide bonds. The monoisotopic (exact) mass is 298 g/mol. The molecular formula is C13H15FN2O3S. The maximum Gasteiger partial charge on any atom is 0.243 e. The minimum Gasteiger partial charge on any atom is -0.469 e. The second-order valence-corrected chi connectivity index (χ2v) is 6.11. The molecule has 7 heteroatoms. The van der Waals surface area contributed by atoms with Crippen molar-refractivity contribution < 1.29 is 17.2 Å². The predicted molar refractivity (Wildman–Crippen MR) is 73.1 cm³/mol. The number of hydrogen-bond acceptors (Lipinski definition) is 4. The lowest BCUT2D eigenvalue weighted by Gasteiger charge is -2.09. The van der Waals surface area contributed by atoms with E-state index < -0.39 is 20.7 Å². The van der Waals surface area contributed by atoms with Gasteiger partial charge in [-0.1, -0.05) is 0 Å². The van der Waals surface area contributed by atoms with Gasteiger partial charge < -0.3 is 10.2 Å². The summed E-state index contributed by atoms with van der Waals surface area (Å²) in [6, 6.07) is 5.94. The molecule has 0 aliphatic rings. The van der Waals surface area contributed by atoms with Crippen LogP contribution in [0.1, 0.15) is 11.3 Å². The first-order valence-corrected chi connectivity index (χ1v) is 7.46. The molecule has 0 aliphatic heterocycles. The molecule has 0 aliphatic carbocycles. The number of anilines is 1. The number of hydrogen-bond donors (Lipinski definition) is 2. The van der Waals surface area contributed by atoms with Crippen LogP contribution in [0.15, 0.2) is 39.8 Å². The van der Waals surface area contributed by atoms with Gasteiger partial charge in [0.05, 0.1) is 6.26 Å². The van der Waals surface area contributed by atoms with E-state index in [4.69, 9.17) is 10.2 Å². The van der Waals surface area contributed by atoms with Crippen LogP contribution in [0.3, 0.4) is 0 Å². The summed E-state index contributed by atoms with van der Waals surface area (Å²) in [5, 5.41) is 0. The Balaban J connectivity index is 2.14. The van der Waals surface area contributed by atoms with Gasteiger partial charge in [-0.2, -0.15) is 0 Å². The number of halogens is 1. The summed E-state index contributed by atoms with van der Waals surface area (Å²) in [4.78, 5) is -0.436. The summed E-state index contributed by atoms with van der Waals surface area (Å²) < 4.78 is 45.4. The van der Waals surface area contributed by atoms with Gasteiger partial charge in [-0.15, -0.1) is 0 Å². The Morgan fingerprint density at radius 2 is 2.15 bits per heavy atom. The zero-order chi connectivity index (χ0) is 14.8. The van der Waals surface area contributed by atoms with Gasteiger partial charge in [0.25, 0.3) is 0 Å². The number of nitrogens with one attached hydrogen (secondary N) is 1. The fraction of sp³-hybridized carbons (Fsp3) is 0.231. The molecule has 3 N–H and O–H groups in total. The molecule has 108 valence electrons. The predicted octanol–water partition coefficient (Wildman–Crippen LogP) is 1.83. The lowest BCUT2D eigenvalue weighted by atomic mass is 10.2. The van der Waals surface area contributed by atoms with Crippen molar-refractivity contribution in [3.05, 3.63) is 47.7 Å². The van der Waals surface area contributed by atoms with E-state index in [2.05, 4.69) is 4.72 Å². The van der Waals surface area contributed by atoms with Crippen molar-refractivity contribution >= 4 is 15.7 Å². The number of benzene rings is 1. The van der Waals surface area contributed by atoms with Crippen molar-refractivity contribution in [3.8, 4) is 0 Å². The van der Waals surface area contributed by atoms with Crippen LogP contribution in [-0.2, 0) is 16.4 Å². The molecule has 0 unspecified atom stereocenters. The second-order valence-electron chi connectivity index (χ2n) is 4.38. The lowest BCUT2D eigenvalue weighted by molar-refractivity contribution is 0.505. The third-order valence-corrected chi connectivity index (χ3v) is 4.24. The fourth-order valence-electron chi connectivity index (χ4n) is 1.80. The van der Waals surface area contributed by atoms with Gasteiger partial charge in [0.1, 0.15) is 16.5 Å². The van der Waals surface area contributed by atoms with E-state index in [1.165, 1.54) is 19.3 Å². The van der Waals surface area contributed by atoms with Crippen LogP contribution in [-0.4, -0.2) is 15.0 Å². The van der Waals surface area contributed by atoms with Crippen LogP contribution < -0.4 is 10.5 Å². The highest BCUT2D eigenvalue weighted by atomic mass is 32.2. The van der Waals surface area contributed by atoms with Crippen LogP contribution in [0.2, 0.25) is 0 Å². The highest BCUT2D eigenvalue weighted by molar-refractivity contribution is 7.89. The number of nitrogens with two attached hydrogens (primary N) is 1. The van der Waals surface area contributed by atoms with Gasteiger partial charge >= 0.3 is 0 Å². The van der Waals surface area contributed by atoms with Crippen molar-refractivity contribution in [3.63, 3.8) is 0 Å². The maximum atomic E-state index is 13.9. The zero-order valence-electron chi connectivity index (χ0n) is 10.9. The molecule has 0 atom stereocenters. The SMILES string of the molecule is Cc1cc(N)cc(S(=O)(=O)NCCc2ccco2)c1F. The average Bonchev–Trinajstić information content (AvgIpc) is 2.86. The largest absolute Gasteiger partial charge is 0.469 e. The van der Waals surface area contributed by atoms with Gasteiger partial charge in [-0.3, -0.25) is 0 Å². The Hall–Kier alpha value is -1.86. The molecular weight excluding hydrogens is 283 g/mol. The van der Waals surface area contributed by atoms with Crippen LogP contribution in [0.25, 0.3) is 0 Å². The summed E-state index contributed by atoms with van der Waals surface area (Å²) in [5.41, 5.74) is 5.95. The maximum absolute atomic E-state index is 13.9. The molecule has 0 spiro atoms. The van der Waals surface area contributed by atoms with Gasteiger partial charge in [0.2, 0.25) is 10.0 Å². The number of sulfonamides is 1. The Morgan fingerprint density at radius 3 is 2.80 bits per heavy atom. The minimum absolute atomic E-state index is 0.114. The van der Waals surface area contributed by atoms with E-state index in [0.29, 0.717) is 12.2 Å². The highest BCUT2D eigenvalue weighted by Gasteiger charge is 2.20. The average molecular weight is 298 g/mol. The molecule has 20 heavy (non-hydrogen) atoms. The van der Waals surface area contributed by atoms with E-state index in [1.54, 1.807) is 12.1 Å². The van der Waals surface area contributed by atoms with Crippen molar-refractivity contribution in [1.29, 1.82) is 0 Å². The quantitative estimate of drug-likeness (QED) is 0.825. The summed E-state index contributed by atoms with van der Waals surface area (Å²) in [7, 11) is -3.94. The Labute approximate surface area is 116 Å². The number of rotatable bonds is 5. The number of furan rings is 1. The van der Waals surface area contributed by atoms with Crippen molar-refractivity contribution in [2.75, 3.05) is 12.3 Å². The topological polar surface area (TPSA) is 85.3 Å². The van der Waals surface area contributed by atoms with E-state index >= 15 is 0 Å². The van der Waals surface area contributed by atoms with E-state index in [-0.39, 0.29) is 17.8 Å². The van der Waals surface area contributed by atoms with Gasteiger partial charge in [-0.05, 0) is 36.8 Å². The molecule has 1 heterocycles. The molecule has 0 saturated carbocycles. The van der Waals surface area contributed by atoms with Gasteiger partial charge in [0.15, 0.2) is 0 Å². The third-order valence-electron chi connectivity index (χ3n) is 2.78. The van der Waals surface area contributed by atoms with Crippen molar-refractivity contribution in [1.82, 2.24) is 4.72 Å². The van der Waals surface area contributed by atoms with Crippen molar-refractivity contribution in [2.24, 2.45) is 0 Å². The number of aryl methyl sites for hydroxylation is 1. The molecule has 1 aromatic heterocycles. The van der Waals surface area contributed by atoms with E-state index in [9.17, 15) is 12.8 Å². The highest BCUT2D eigenvalue weighted by Crippen LogP contribution is 2.21. The molecule has 0 radical (unpaired) electrons. The Morgan fingerprint density at radius 1 is 1.40 bits per heavy atom. The van der Waals surface area contributed by atoms with Crippen LogP contribution in [0.5, 0.6) is 0 Å². The van der Waals surface area contributed by atoms with E-state index in [0.717, 1.165) is 6.07 Å². The Kier molecular flexibility index (Phi) is 4.10. The van der Waals surface area contributed by atoms with Crippen molar-refractivity contribution in [2.45, 2.75) is 18.2 Å². The number of nitrogen functional groups attached to an aromatic ring is 1. The second kappa shape index (κ2) is 5.64.